The SMILES string of the molecule is CC(C)CN(Cc1cccc(OS(=O)(=O)c2ccc(F)cc2)c1)C(=O)NC(C)(C)C. The first-order chi connectivity index (χ1) is 13.9. The predicted molar refractivity (Wildman–Crippen MR) is 114 cm³/mol. The molecule has 0 radical (unpaired) electrons. The molecule has 6 nitrogen and oxygen atoms in total. The van der Waals surface area contributed by atoms with Gasteiger partial charge >= 0.3 is 16.1 Å². The van der Waals surface area contributed by atoms with E-state index in [1.54, 1.807) is 23.1 Å². The molecule has 0 aliphatic rings. The maximum atomic E-state index is 13.1. The summed E-state index contributed by atoms with van der Waals surface area (Å²) in [5.41, 5.74) is 0.354. The van der Waals surface area contributed by atoms with Crippen molar-refractivity contribution in [3.8, 4) is 5.75 Å². The Morgan fingerprint density at radius 1 is 1.13 bits per heavy atom. The zero-order chi connectivity index (χ0) is 22.5. The van der Waals surface area contributed by atoms with E-state index in [1.165, 1.54) is 6.07 Å². The van der Waals surface area contributed by atoms with Gasteiger partial charge in [-0.05, 0) is 68.7 Å². The van der Waals surface area contributed by atoms with Crippen molar-refractivity contribution in [2.45, 2.75) is 51.6 Å². The lowest BCUT2D eigenvalue weighted by atomic mass is 10.1. The summed E-state index contributed by atoms with van der Waals surface area (Å²) in [6.07, 6.45) is 0. The zero-order valence-electron chi connectivity index (χ0n) is 18.0. The zero-order valence-corrected chi connectivity index (χ0v) is 18.8. The number of halogens is 1. The molecule has 0 spiro atoms. The number of nitrogens with zero attached hydrogens (tertiary/aromatic N) is 1. The number of benzene rings is 2. The van der Waals surface area contributed by atoms with E-state index >= 15 is 0 Å². The molecule has 0 fully saturated rings. The van der Waals surface area contributed by atoms with Gasteiger partial charge in [-0.3, -0.25) is 0 Å². The molecule has 0 saturated carbocycles. The molecule has 2 aromatic rings. The largest absolute Gasteiger partial charge is 0.379 e. The summed E-state index contributed by atoms with van der Waals surface area (Å²) in [6.45, 7) is 10.6. The Morgan fingerprint density at radius 3 is 2.33 bits per heavy atom. The lowest BCUT2D eigenvalue weighted by Crippen LogP contribution is -2.49. The van der Waals surface area contributed by atoms with Crippen LogP contribution in [-0.2, 0) is 16.7 Å². The third-order valence-electron chi connectivity index (χ3n) is 3.93. The van der Waals surface area contributed by atoms with Gasteiger partial charge in [0.25, 0.3) is 0 Å². The molecule has 0 aliphatic heterocycles. The molecule has 0 saturated heterocycles. The number of hydrogen-bond acceptors (Lipinski definition) is 4. The first-order valence-corrected chi connectivity index (χ1v) is 11.1. The molecule has 2 aromatic carbocycles. The highest BCUT2D eigenvalue weighted by molar-refractivity contribution is 7.87. The van der Waals surface area contributed by atoms with Gasteiger partial charge in [0, 0.05) is 18.6 Å². The second kappa shape index (κ2) is 9.47. The Bertz CT molecular complexity index is 967. The number of carbonyl (C=O) groups excluding carboxylic acids is 1. The number of amides is 2. The second-order valence-electron chi connectivity index (χ2n) is 8.59. The van der Waals surface area contributed by atoms with Gasteiger partial charge < -0.3 is 14.4 Å². The highest BCUT2D eigenvalue weighted by atomic mass is 32.2. The third kappa shape index (κ3) is 7.33. The first kappa shape index (κ1) is 23.7. The van der Waals surface area contributed by atoms with Crippen molar-refractivity contribution in [3.63, 3.8) is 0 Å². The minimum atomic E-state index is -4.09. The molecule has 8 heteroatoms. The molecule has 0 bridgehead atoms. The summed E-state index contributed by atoms with van der Waals surface area (Å²) < 4.78 is 43.1. The van der Waals surface area contributed by atoms with Crippen LogP contribution in [0.5, 0.6) is 5.75 Å². The minimum absolute atomic E-state index is 0.123. The number of hydrogen-bond donors (Lipinski definition) is 1. The Hall–Kier alpha value is -2.61. The second-order valence-corrected chi connectivity index (χ2v) is 10.1. The van der Waals surface area contributed by atoms with E-state index in [9.17, 15) is 17.6 Å². The van der Waals surface area contributed by atoms with Crippen molar-refractivity contribution in [2.24, 2.45) is 5.92 Å². The van der Waals surface area contributed by atoms with Crippen LogP contribution in [0.4, 0.5) is 9.18 Å². The Balaban J connectivity index is 2.19. The number of nitrogens with one attached hydrogen (secondary N) is 1. The van der Waals surface area contributed by atoms with Gasteiger partial charge in [-0.2, -0.15) is 8.42 Å². The summed E-state index contributed by atoms with van der Waals surface area (Å²) in [5, 5.41) is 2.95. The van der Waals surface area contributed by atoms with Gasteiger partial charge in [-0.25, -0.2) is 9.18 Å². The fraction of sp³-hybridized carbons (Fsp3) is 0.409. The number of carbonyl (C=O) groups is 1. The molecule has 0 aliphatic carbocycles. The van der Waals surface area contributed by atoms with Crippen molar-refractivity contribution < 1.29 is 21.8 Å². The van der Waals surface area contributed by atoms with Crippen LogP contribution in [0.1, 0.15) is 40.2 Å². The van der Waals surface area contributed by atoms with Gasteiger partial charge in [0.2, 0.25) is 0 Å². The normalized spacial score (nSPS) is 12.0. The van der Waals surface area contributed by atoms with Crippen molar-refractivity contribution in [1.82, 2.24) is 10.2 Å². The smallest absolute Gasteiger partial charge is 0.339 e. The van der Waals surface area contributed by atoms with E-state index < -0.39 is 15.9 Å². The fourth-order valence-corrected chi connectivity index (χ4v) is 3.67. The third-order valence-corrected chi connectivity index (χ3v) is 5.20. The molecule has 30 heavy (non-hydrogen) atoms. The van der Waals surface area contributed by atoms with Crippen LogP contribution in [0.2, 0.25) is 0 Å². The lowest BCUT2D eigenvalue weighted by Gasteiger charge is -2.29. The summed E-state index contributed by atoms with van der Waals surface area (Å²) in [5.74, 6) is -0.152. The molecule has 0 atom stereocenters. The van der Waals surface area contributed by atoms with E-state index in [4.69, 9.17) is 4.18 Å². The molecular formula is C22H29FN2O4S. The van der Waals surface area contributed by atoms with Crippen molar-refractivity contribution in [2.75, 3.05) is 6.54 Å². The predicted octanol–water partition coefficient (Wildman–Crippen LogP) is 4.56. The van der Waals surface area contributed by atoms with Crippen molar-refractivity contribution >= 4 is 16.1 Å². The van der Waals surface area contributed by atoms with E-state index in [-0.39, 0.29) is 28.1 Å². The van der Waals surface area contributed by atoms with Gasteiger partial charge in [0.1, 0.15) is 16.5 Å². The average molecular weight is 437 g/mol. The fourth-order valence-electron chi connectivity index (χ4n) is 2.75. The molecule has 2 rings (SSSR count). The molecule has 2 amide bonds. The topological polar surface area (TPSA) is 75.7 Å². The lowest BCUT2D eigenvalue weighted by molar-refractivity contribution is 0.179. The van der Waals surface area contributed by atoms with Gasteiger partial charge in [-0.1, -0.05) is 26.0 Å². The summed E-state index contributed by atoms with van der Waals surface area (Å²) in [7, 11) is -4.09. The van der Waals surface area contributed by atoms with E-state index in [0.717, 1.165) is 29.8 Å². The van der Waals surface area contributed by atoms with Crippen LogP contribution in [0.25, 0.3) is 0 Å². The summed E-state index contributed by atoms with van der Waals surface area (Å²) in [4.78, 5) is 14.2. The van der Waals surface area contributed by atoms with Crippen molar-refractivity contribution in [3.05, 3.63) is 59.9 Å². The first-order valence-electron chi connectivity index (χ1n) is 9.72. The van der Waals surface area contributed by atoms with Gasteiger partial charge in [0.05, 0.1) is 0 Å². The van der Waals surface area contributed by atoms with E-state index in [1.807, 2.05) is 34.6 Å². The monoisotopic (exact) mass is 436 g/mol. The van der Waals surface area contributed by atoms with Crippen LogP contribution in [-0.4, -0.2) is 31.4 Å². The highest BCUT2D eigenvalue weighted by Crippen LogP contribution is 2.21. The molecule has 0 aromatic heterocycles. The van der Waals surface area contributed by atoms with E-state index in [2.05, 4.69) is 5.32 Å². The van der Waals surface area contributed by atoms with E-state index in [0.29, 0.717) is 13.1 Å². The number of urea groups is 1. The summed E-state index contributed by atoms with van der Waals surface area (Å²) in [6, 6.07) is 10.8. The van der Waals surface area contributed by atoms with Crippen LogP contribution in [0.15, 0.2) is 53.4 Å². The number of rotatable bonds is 7. The van der Waals surface area contributed by atoms with Crippen molar-refractivity contribution in [1.29, 1.82) is 0 Å². The minimum Gasteiger partial charge on any atom is -0.379 e. The van der Waals surface area contributed by atoms with Gasteiger partial charge in [0.15, 0.2) is 0 Å². The highest BCUT2D eigenvalue weighted by Gasteiger charge is 2.21. The van der Waals surface area contributed by atoms with Gasteiger partial charge in [-0.15, -0.1) is 0 Å². The van der Waals surface area contributed by atoms with Crippen LogP contribution >= 0.6 is 0 Å². The molecular weight excluding hydrogens is 407 g/mol. The Labute approximate surface area is 178 Å². The Morgan fingerprint density at radius 2 is 1.77 bits per heavy atom. The van der Waals surface area contributed by atoms with Crippen LogP contribution in [0.3, 0.4) is 0 Å². The Kier molecular flexibility index (Phi) is 7.47. The van der Waals surface area contributed by atoms with Crippen LogP contribution in [0, 0.1) is 11.7 Å². The molecule has 0 unspecified atom stereocenters. The maximum absolute atomic E-state index is 13.1. The molecule has 164 valence electrons. The standard InChI is InChI=1S/C22H29FN2O4S/c1-16(2)14-25(21(26)24-22(3,4)5)15-17-7-6-8-19(13-17)29-30(27,28)20-11-9-18(23)10-12-20/h6-13,16H,14-15H2,1-5H3,(H,24,26). The van der Waals surface area contributed by atoms with Crippen LogP contribution < -0.4 is 9.50 Å². The summed E-state index contributed by atoms with van der Waals surface area (Å²) >= 11 is 0. The molecule has 0 heterocycles. The quantitative estimate of drug-likeness (QED) is 0.646. The molecule has 1 N–H and O–H groups in total. The average Bonchev–Trinajstić information content (AvgIpc) is 2.59. The maximum Gasteiger partial charge on any atom is 0.339 e.